The smallest absolute Gasteiger partial charge is 0.233 e. The monoisotopic (exact) mass is 490 g/mol. The first-order chi connectivity index (χ1) is 16.9. The zero-order valence-corrected chi connectivity index (χ0v) is 20.7. The molecule has 35 heavy (non-hydrogen) atoms. The minimum absolute atomic E-state index is 0.0628. The zero-order valence-electron chi connectivity index (χ0n) is 19.9. The number of halogens is 1. The molecule has 1 heterocycles. The maximum atomic E-state index is 13.3. The quantitative estimate of drug-likeness (QED) is 0.286. The molecular formula is C27H27FN4O2S. The van der Waals surface area contributed by atoms with Crippen LogP contribution in [0.4, 0.5) is 4.39 Å². The number of ether oxygens (including phenoxy) is 1. The van der Waals surface area contributed by atoms with Gasteiger partial charge in [0, 0.05) is 12.7 Å². The summed E-state index contributed by atoms with van der Waals surface area (Å²) >= 11 is 1.32. The average molecular weight is 491 g/mol. The minimum Gasteiger partial charge on any atom is -0.485 e. The molecule has 1 unspecified atom stereocenters. The second-order valence-electron chi connectivity index (χ2n) is 8.14. The summed E-state index contributed by atoms with van der Waals surface area (Å²) in [5, 5.41) is 9.32. The van der Waals surface area contributed by atoms with Crippen molar-refractivity contribution < 1.29 is 13.9 Å². The summed E-state index contributed by atoms with van der Waals surface area (Å²) in [6.45, 7) is 4.15. The van der Waals surface area contributed by atoms with Crippen LogP contribution in [0, 0.1) is 12.7 Å². The number of carbonyl (C=O) groups is 1. The Labute approximate surface area is 208 Å². The second-order valence-corrected chi connectivity index (χ2v) is 9.09. The molecule has 3 aromatic carbocycles. The topological polar surface area (TPSA) is 60.3 Å². The standard InChI is InChI=1S/C27H27FN4O2S/c1-19-9-7-8-12-24(19)34-17-25-29-30-27(32(25)23-10-5-4-6-11-23)35-18-26(33)31(3)20(2)21-13-15-22(28)16-14-21/h4-16,20H,17-18H2,1-3H3. The number of benzene rings is 3. The second kappa shape index (κ2) is 11.2. The van der Waals surface area contributed by atoms with E-state index in [9.17, 15) is 9.18 Å². The number of thioether (sulfide) groups is 1. The summed E-state index contributed by atoms with van der Waals surface area (Å²) in [4.78, 5) is 14.6. The van der Waals surface area contributed by atoms with Gasteiger partial charge in [-0.2, -0.15) is 0 Å². The lowest BCUT2D eigenvalue weighted by molar-refractivity contribution is -0.128. The molecule has 180 valence electrons. The largest absolute Gasteiger partial charge is 0.485 e. The fraction of sp³-hybridized carbons (Fsp3) is 0.222. The summed E-state index contributed by atoms with van der Waals surface area (Å²) in [5.41, 5.74) is 2.80. The highest BCUT2D eigenvalue weighted by atomic mass is 32.2. The number of aryl methyl sites for hydroxylation is 1. The first-order valence-corrected chi connectivity index (χ1v) is 12.2. The van der Waals surface area contributed by atoms with Crippen molar-refractivity contribution >= 4 is 17.7 Å². The van der Waals surface area contributed by atoms with Crippen molar-refractivity contribution in [1.82, 2.24) is 19.7 Å². The van der Waals surface area contributed by atoms with Crippen molar-refractivity contribution in [1.29, 1.82) is 0 Å². The van der Waals surface area contributed by atoms with E-state index in [-0.39, 0.29) is 30.1 Å². The molecule has 1 aromatic heterocycles. The number of amides is 1. The molecule has 0 saturated carbocycles. The molecule has 0 aliphatic rings. The summed E-state index contributed by atoms with van der Waals surface area (Å²) < 4.78 is 21.2. The van der Waals surface area contributed by atoms with Crippen molar-refractivity contribution in [3.63, 3.8) is 0 Å². The van der Waals surface area contributed by atoms with E-state index in [1.165, 1.54) is 23.9 Å². The van der Waals surface area contributed by atoms with Crippen LogP contribution in [-0.2, 0) is 11.4 Å². The molecule has 0 bridgehead atoms. The third-order valence-electron chi connectivity index (χ3n) is 5.82. The van der Waals surface area contributed by atoms with Crippen molar-refractivity contribution in [3.05, 3.63) is 102 Å². The maximum Gasteiger partial charge on any atom is 0.233 e. The van der Waals surface area contributed by atoms with Crippen LogP contribution in [0.3, 0.4) is 0 Å². The molecule has 0 spiro atoms. The van der Waals surface area contributed by atoms with E-state index in [1.54, 1.807) is 24.1 Å². The van der Waals surface area contributed by atoms with E-state index in [0.717, 1.165) is 22.6 Å². The van der Waals surface area contributed by atoms with E-state index in [2.05, 4.69) is 10.2 Å². The van der Waals surface area contributed by atoms with Gasteiger partial charge in [-0.05, 0) is 55.3 Å². The molecule has 0 fully saturated rings. The zero-order chi connectivity index (χ0) is 24.8. The highest BCUT2D eigenvalue weighted by Crippen LogP contribution is 2.26. The van der Waals surface area contributed by atoms with E-state index in [0.29, 0.717) is 11.0 Å². The molecule has 8 heteroatoms. The molecule has 0 N–H and O–H groups in total. The van der Waals surface area contributed by atoms with Crippen LogP contribution in [0.2, 0.25) is 0 Å². The first kappa shape index (κ1) is 24.5. The van der Waals surface area contributed by atoms with Crippen molar-refractivity contribution in [2.24, 2.45) is 0 Å². The van der Waals surface area contributed by atoms with Gasteiger partial charge in [-0.15, -0.1) is 10.2 Å². The fourth-order valence-corrected chi connectivity index (χ4v) is 4.49. The average Bonchev–Trinajstić information content (AvgIpc) is 3.29. The van der Waals surface area contributed by atoms with Gasteiger partial charge in [0.2, 0.25) is 5.91 Å². The van der Waals surface area contributed by atoms with Gasteiger partial charge >= 0.3 is 0 Å². The molecule has 0 radical (unpaired) electrons. The normalized spacial score (nSPS) is 11.8. The molecule has 0 saturated heterocycles. The number of aromatic nitrogens is 3. The van der Waals surface area contributed by atoms with E-state index < -0.39 is 0 Å². The van der Waals surface area contributed by atoms with Gasteiger partial charge in [-0.25, -0.2) is 4.39 Å². The van der Waals surface area contributed by atoms with Crippen LogP contribution < -0.4 is 4.74 Å². The lowest BCUT2D eigenvalue weighted by Gasteiger charge is -2.25. The summed E-state index contributed by atoms with van der Waals surface area (Å²) in [6, 6.07) is 23.6. The summed E-state index contributed by atoms with van der Waals surface area (Å²) in [5.74, 6) is 1.25. The van der Waals surface area contributed by atoms with Crippen molar-refractivity contribution in [3.8, 4) is 11.4 Å². The highest BCUT2D eigenvalue weighted by Gasteiger charge is 2.21. The van der Waals surface area contributed by atoms with Gasteiger partial charge in [-0.1, -0.05) is 60.3 Å². The molecule has 0 aliphatic carbocycles. The predicted octanol–water partition coefficient (Wildman–Crippen LogP) is 5.61. The summed E-state index contributed by atoms with van der Waals surface area (Å²) in [6.07, 6.45) is 0. The van der Waals surface area contributed by atoms with Crippen molar-refractivity contribution in [2.45, 2.75) is 31.7 Å². The molecule has 4 rings (SSSR count). The molecule has 1 amide bonds. The Morgan fingerprint density at radius 3 is 2.43 bits per heavy atom. The molecular weight excluding hydrogens is 463 g/mol. The van der Waals surface area contributed by atoms with Crippen LogP contribution in [0.5, 0.6) is 5.75 Å². The van der Waals surface area contributed by atoms with Gasteiger partial charge in [0.05, 0.1) is 11.8 Å². The van der Waals surface area contributed by atoms with Crippen molar-refractivity contribution in [2.75, 3.05) is 12.8 Å². The fourth-order valence-electron chi connectivity index (χ4n) is 3.59. The lowest BCUT2D eigenvalue weighted by atomic mass is 10.1. The Kier molecular flexibility index (Phi) is 7.82. The van der Waals surface area contributed by atoms with Crippen LogP contribution in [0.15, 0.2) is 84.0 Å². The number of para-hydroxylation sites is 2. The third-order valence-corrected chi connectivity index (χ3v) is 6.73. The minimum atomic E-state index is -0.298. The number of rotatable bonds is 9. The van der Waals surface area contributed by atoms with Gasteiger partial charge in [0.25, 0.3) is 0 Å². The molecule has 4 aromatic rings. The van der Waals surface area contributed by atoms with E-state index in [1.807, 2.05) is 73.0 Å². The Morgan fingerprint density at radius 1 is 1.03 bits per heavy atom. The molecule has 0 aliphatic heterocycles. The van der Waals surface area contributed by atoms with Crippen LogP contribution in [0.1, 0.15) is 29.9 Å². The Bertz CT molecular complexity index is 1280. The van der Waals surface area contributed by atoms with Crippen LogP contribution in [-0.4, -0.2) is 38.4 Å². The third kappa shape index (κ3) is 5.89. The predicted molar refractivity (Wildman–Crippen MR) is 135 cm³/mol. The first-order valence-electron chi connectivity index (χ1n) is 11.3. The van der Waals surface area contributed by atoms with Gasteiger partial charge in [0.1, 0.15) is 18.2 Å². The van der Waals surface area contributed by atoms with Gasteiger partial charge in [-0.3, -0.25) is 9.36 Å². The van der Waals surface area contributed by atoms with Gasteiger partial charge < -0.3 is 9.64 Å². The Hall–Kier alpha value is -3.65. The van der Waals surface area contributed by atoms with Gasteiger partial charge in [0.15, 0.2) is 11.0 Å². The number of hydrogen-bond acceptors (Lipinski definition) is 5. The van der Waals surface area contributed by atoms with E-state index in [4.69, 9.17) is 4.74 Å². The SMILES string of the molecule is Cc1ccccc1OCc1nnc(SCC(=O)N(C)C(C)c2ccc(F)cc2)n1-c1ccccc1. The summed E-state index contributed by atoms with van der Waals surface area (Å²) in [7, 11) is 1.75. The number of nitrogens with zero attached hydrogens (tertiary/aromatic N) is 4. The lowest BCUT2D eigenvalue weighted by Crippen LogP contribution is -2.31. The Balaban J connectivity index is 1.49. The van der Waals surface area contributed by atoms with E-state index >= 15 is 0 Å². The maximum absolute atomic E-state index is 13.3. The number of carbonyl (C=O) groups excluding carboxylic acids is 1. The number of hydrogen-bond donors (Lipinski definition) is 0. The molecule has 1 atom stereocenters. The van der Waals surface area contributed by atoms with Crippen LogP contribution in [0.25, 0.3) is 5.69 Å². The Morgan fingerprint density at radius 2 is 1.71 bits per heavy atom. The highest BCUT2D eigenvalue weighted by molar-refractivity contribution is 7.99. The molecule has 6 nitrogen and oxygen atoms in total. The van der Waals surface area contributed by atoms with Crippen LogP contribution >= 0.6 is 11.8 Å².